The van der Waals surface area contributed by atoms with Crippen LogP contribution in [0.3, 0.4) is 0 Å². The van der Waals surface area contributed by atoms with Crippen LogP contribution in [0.5, 0.6) is 0 Å². The van der Waals surface area contributed by atoms with Crippen molar-refractivity contribution in [1.29, 1.82) is 0 Å². The van der Waals surface area contributed by atoms with Gasteiger partial charge in [0, 0.05) is 27.2 Å². The van der Waals surface area contributed by atoms with E-state index in [1.165, 1.54) is 0 Å². The van der Waals surface area contributed by atoms with Crippen molar-refractivity contribution in [3.05, 3.63) is 20.8 Å². The van der Waals surface area contributed by atoms with Gasteiger partial charge in [-0.15, -0.1) is 11.3 Å². The normalized spacial score (nSPS) is 29.6. The fraction of sp³-hybridized carbons (Fsp3) is 0.583. The summed E-state index contributed by atoms with van der Waals surface area (Å²) in [6.45, 7) is 2.02. The summed E-state index contributed by atoms with van der Waals surface area (Å²) < 4.78 is 1.04. The molecule has 1 aliphatic rings. The Morgan fingerprint density at radius 1 is 1.75 bits per heavy atom. The van der Waals surface area contributed by atoms with Crippen LogP contribution in [0.25, 0.3) is 0 Å². The standard InChI is InChI=1S/C12H16BrNOS/c1-12(5-2-3-10(12)14)11(15)7-9-8(13)4-6-16-9/h4,6,10H,2-3,5,7,14H2,1H3. The van der Waals surface area contributed by atoms with Crippen molar-refractivity contribution in [3.8, 4) is 0 Å². The Labute approximate surface area is 108 Å². The first-order valence-corrected chi connectivity index (χ1v) is 7.22. The molecule has 1 aliphatic carbocycles. The van der Waals surface area contributed by atoms with Crippen molar-refractivity contribution in [1.82, 2.24) is 0 Å². The van der Waals surface area contributed by atoms with Gasteiger partial charge in [-0.25, -0.2) is 0 Å². The molecule has 2 unspecified atom stereocenters. The largest absolute Gasteiger partial charge is 0.327 e. The highest BCUT2D eigenvalue weighted by Crippen LogP contribution is 2.39. The summed E-state index contributed by atoms with van der Waals surface area (Å²) in [5, 5.41) is 2.00. The number of nitrogens with two attached hydrogens (primary N) is 1. The molecule has 2 atom stereocenters. The first-order valence-electron chi connectivity index (χ1n) is 5.55. The van der Waals surface area contributed by atoms with Crippen LogP contribution in [0.15, 0.2) is 15.9 Å². The maximum atomic E-state index is 12.3. The molecular formula is C12H16BrNOS. The van der Waals surface area contributed by atoms with Crippen LogP contribution in [-0.4, -0.2) is 11.8 Å². The number of carbonyl (C=O) groups is 1. The van der Waals surface area contributed by atoms with E-state index in [2.05, 4.69) is 15.9 Å². The summed E-state index contributed by atoms with van der Waals surface area (Å²) in [5.41, 5.74) is 5.75. The lowest BCUT2D eigenvalue weighted by molar-refractivity contribution is -0.127. The van der Waals surface area contributed by atoms with Gasteiger partial charge < -0.3 is 5.73 Å². The van der Waals surface area contributed by atoms with Crippen LogP contribution < -0.4 is 5.73 Å². The Morgan fingerprint density at radius 2 is 2.50 bits per heavy atom. The second-order valence-electron chi connectivity index (χ2n) is 4.71. The van der Waals surface area contributed by atoms with Gasteiger partial charge in [0.15, 0.2) is 0 Å². The number of thiophene rings is 1. The Balaban J connectivity index is 2.11. The quantitative estimate of drug-likeness (QED) is 0.932. The molecule has 88 valence electrons. The molecule has 0 spiro atoms. The van der Waals surface area contributed by atoms with E-state index in [4.69, 9.17) is 5.73 Å². The fourth-order valence-electron chi connectivity index (χ4n) is 2.34. The molecule has 2 nitrogen and oxygen atoms in total. The van der Waals surface area contributed by atoms with Gasteiger partial charge in [-0.2, -0.15) is 0 Å². The maximum absolute atomic E-state index is 12.3. The zero-order chi connectivity index (χ0) is 11.8. The second-order valence-corrected chi connectivity index (χ2v) is 6.56. The van der Waals surface area contributed by atoms with E-state index in [1.54, 1.807) is 11.3 Å². The Bertz CT molecular complexity index is 403. The molecule has 1 fully saturated rings. The van der Waals surface area contributed by atoms with E-state index >= 15 is 0 Å². The van der Waals surface area contributed by atoms with E-state index in [-0.39, 0.29) is 11.5 Å². The topological polar surface area (TPSA) is 43.1 Å². The number of ketones is 1. The molecule has 0 amide bonds. The smallest absolute Gasteiger partial charge is 0.145 e. The molecule has 4 heteroatoms. The number of carbonyl (C=O) groups excluding carboxylic acids is 1. The minimum absolute atomic E-state index is 0.0405. The molecule has 16 heavy (non-hydrogen) atoms. The summed E-state index contributed by atoms with van der Waals surface area (Å²) >= 11 is 5.09. The molecule has 1 saturated carbocycles. The van der Waals surface area contributed by atoms with Gasteiger partial charge in [0.2, 0.25) is 0 Å². The van der Waals surface area contributed by atoms with E-state index < -0.39 is 0 Å². The molecule has 0 saturated heterocycles. The number of hydrogen-bond donors (Lipinski definition) is 1. The number of halogens is 1. The highest BCUT2D eigenvalue weighted by molar-refractivity contribution is 9.10. The zero-order valence-corrected chi connectivity index (χ0v) is 11.7. The zero-order valence-electron chi connectivity index (χ0n) is 9.33. The molecule has 0 radical (unpaired) electrons. The van der Waals surface area contributed by atoms with E-state index in [1.807, 2.05) is 18.4 Å². The predicted molar refractivity (Wildman–Crippen MR) is 70.7 cm³/mol. The monoisotopic (exact) mass is 301 g/mol. The highest BCUT2D eigenvalue weighted by atomic mass is 79.9. The van der Waals surface area contributed by atoms with Crippen molar-refractivity contribution in [2.24, 2.45) is 11.1 Å². The SMILES string of the molecule is CC1(C(=O)Cc2sccc2Br)CCCC1N. The summed E-state index contributed by atoms with van der Waals surface area (Å²) in [6.07, 6.45) is 3.52. The molecule has 0 aromatic carbocycles. The number of hydrogen-bond acceptors (Lipinski definition) is 3. The lowest BCUT2D eigenvalue weighted by Crippen LogP contribution is -2.41. The average molecular weight is 302 g/mol. The Morgan fingerprint density at radius 3 is 3.00 bits per heavy atom. The van der Waals surface area contributed by atoms with Crippen LogP contribution in [-0.2, 0) is 11.2 Å². The highest BCUT2D eigenvalue weighted by Gasteiger charge is 2.42. The van der Waals surface area contributed by atoms with Crippen molar-refractivity contribution >= 4 is 33.0 Å². The van der Waals surface area contributed by atoms with Gasteiger partial charge in [0.25, 0.3) is 0 Å². The Hall–Kier alpha value is -0.190. The Kier molecular flexibility index (Phi) is 3.52. The van der Waals surface area contributed by atoms with Crippen molar-refractivity contribution < 1.29 is 4.79 Å². The van der Waals surface area contributed by atoms with E-state index in [9.17, 15) is 4.79 Å². The molecule has 1 aromatic rings. The third kappa shape index (κ3) is 2.11. The summed E-state index contributed by atoms with van der Waals surface area (Å²) in [5.74, 6) is 0.292. The van der Waals surface area contributed by atoms with Crippen LogP contribution in [0.2, 0.25) is 0 Å². The second kappa shape index (κ2) is 4.59. The fourth-order valence-corrected chi connectivity index (χ4v) is 3.83. The van der Waals surface area contributed by atoms with E-state index in [0.29, 0.717) is 12.2 Å². The van der Waals surface area contributed by atoms with Gasteiger partial charge in [-0.3, -0.25) is 4.79 Å². The van der Waals surface area contributed by atoms with Crippen molar-refractivity contribution in [3.63, 3.8) is 0 Å². The van der Waals surface area contributed by atoms with Crippen LogP contribution in [0.4, 0.5) is 0 Å². The third-order valence-electron chi connectivity index (χ3n) is 3.68. The van der Waals surface area contributed by atoms with Crippen LogP contribution in [0.1, 0.15) is 31.1 Å². The molecule has 2 N–H and O–H groups in total. The molecule has 1 aromatic heterocycles. The van der Waals surface area contributed by atoms with Crippen molar-refractivity contribution in [2.45, 2.75) is 38.6 Å². The van der Waals surface area contributed by atoms with E-state index in [0.717, 1.165) is 28.6 Å². The van der Waals surface area contributed by atoms with Crippen LogP contribution in [0, 0.1) is 5.41 Å². The molecule has 2 rings (SSSR count). The predicted octanol–water partition coefficient (Wildman–Crippen LogP) is 3.14. The van der Waals surface area contributed by atoms with Crippen molar-refractivity contribution in [2.75, 3.05) is 0 Å². The summed E-state index contributed by atoms with van der Waals surface area (Å²) in [4.78, 5) is 13.4. The van der Waals surface area contributed by atoms with Gasteiger partial charge in [-0.1, -0.05) is 13.3 Å². The van der Waals surface area contributed by atoms with Gasteiger partial charge in [0.1, 0.15) is 5.78 Å². The molecule has 1 heterocycles. The number of Topliss-reactive ketones (excluding diaryl/α,β-unsaturated/α-hetero) is 1. The van der Waals surface area contributed by atoms with Gasteiger partial charge in [-0.05, 0) is 40.2 Å². The molecule has 0 aliphatic heterocycles. The van der Waals surface area contributed by atoms with Crippen LogP contribution >= 0.6 is 27.3 Å². The minimum atomic E-state index is -0.302. The number of rotatable bonds is 3. The third-order valence-corrected chi connectivity index (χ3v) is 5.61. The lowest BCUT2D eigenvalue weighted by Gasteiger charge is -2.27. The molecule has 0 bridgehead atoms. The first-order chi connectivity index (χ1) is 7.54. The first kappa shape index (κ1) is 12.3. The minimum Gasteiger partial charge on any atom is -0.327 e. The average Bonchev–Trinajstić information content (AvgIpc) is 2.77. The lowest BCUT2D eigenvalue weighted by atomic mass is 9.79. The van der Waals surface area contributed by atoms with Gasteiger partial charge in [0.05, 0.1) is 0 Å². The van der Waals surface area contributed by atoms with Gasteiger partial charge >= 0.3 is 0 Å². The summed E-state index contributed by atoms with van der Waals surface area (Å²) in [7, 11) is 0. The maximum Gasteiger partial charge on any atom is 0.145 e. The molecular weight excluding hydrogens is 286 g/mol. The summed E-state index contributed by atoms with van der Waals surface area (Å²) in [6, 6.07) is 2.03.